The third kappa shape index (κ3) is 1.61. The highest BCUT2D eigenvalue weighted by Gasteiger charge is 2.28. The maximum Gasteiger partial charge on any atom is 0.373 e. The van der Waals surface area contributed by atoms with E-state index in [1.165, 1.54) is 26.0 Å². The van der Waals surface area contributed by atoms with Gasteiger partial charge in [-0.3, -0.25) is 0 Å². The Morgan fingerprint density at radius 1 is 1.43 bits per heavy atom. The molecule has 1 rings (SSSR count). The Bertz CT molecular complexity index is 375. The zero-order chi connectivity index (χ0) is 10.9. The van der Waals surface area contributed by atoms with Gasteiger partial charge in [0.05, 0.1) is 6.07 Å². The molecule has 0 aliphatic rings. The van der Waals surface area contributed by atoms with Gasteiger partial charge >= 0.3 is 11.8 Å². The van der Waals surface area contributed by atoms with Crippen LogP contribution in [0.4, 0.5) is 0 Å². The summed E-state index contributed by atoms with van der Waals surface area (Å²) in [6.07, 6.45) is 0. The van der Waals surface area contributed by atoms with Crippen molar-refractivity contribution in [2.45, 2.75) is 19.9 Å². The van der Waals surface area contributed by atoms with Crippen LogP contribution in [-0.2, 0) is 4.79 Å². The largest absolute Gasteiger partial charge is 0.503 e. The monoisotopic (exact) mass is 198 g/mol. The summed E-state index contributed by atoms with van der Waals surface area (Å²) in [4.78, 5) is 10.7. The van der Waals surface area contributed by atoms with Crippen LogP contribution in [0.15, 0.2) is 12.1 Å². The molecule has 1 unspecified atom stereocenters. The molecule has 0 aliphatic heterocycles. The predicted octanol–water partition coefficient (Wildman–Crippen LogP) is 0.339. The first kappa shape index (κ1) is 10.3. The van der Waals surface area contributed by atoms with Crippen molar-refractivity contribution in [1.82, 2.24) is 0 Å². The summed E-state index contributed by atoms with van der Waals surface area (Å²) < 4.78 is 1.15. The minimum absolute atomic E-state index is 0.0455. The number of carboxylic acids is 1. The van der Waals surface area contributed by atoms with Crippen LogP contribution in [0.5, 0.6) is 11.6 Å². The van der Waals surface area contributed by atoms with E-state index in [0.717, 1.165) is 4.57 Å². The van der Waals surface area contributed by atoms with E-state index >= 15 is 0 Å². The van der Waals surface area contributed by atoms with E-state index in [0.29, 0.717) is 5.69 Å². The number of aromatic nitrogens is 1. The molecule has 1 aromatic heterocycles. The summed E-state index contributed by atoms with van der Waals surface area (Å²) >= 11 is 0. The van der Waals surface area contributed by atoms with Gasteiger partial charge in [0.15, 0.2) is 5.75 Å². The highest BCUT2D eigenvalue weighted by Crippen LogP contribution is 2.17. The van der Waals surface area contributed by atoms with Gasteiger partial charge in [-0.05, 0) is 6.07 Å². The molecule has 5 nitrogen and oxygen atoms in total. The molecule has 14 heavy (non-hydrogen) atoms. The van der Waals surface area contributed by atoms with Crippen molar-refractivity contribution in [3.8, 4) is 11.6 Å². The van der Waals surface area contributed by atoms with Gasteiger partial charge < -0.3 is 15.3 Å². The van der Waals surface area contributed by atoms with Crippen molar-refractivity contribution in [3.05, 3.63) is 17.8 Å². The Labute approximate surface area is 80.9 Å². The van der Waals surface area contributed by atoms with Crippen LogP contribution in [0.2, 0.25) is 0 Å². The molecule has 5 heteroatoms. The topological polar surface area (TPSA) is 81.6 Å². The average Bonchev–Trinajstić information content (AvgIpc) is 2.12. The van der Waals surface area contributed by atoms with E-state index in [-0.39, 0.29) is 11.6 Å². The van der Waals surface area contributed by atoms with Crippen molar-refractivity contribution < 1.29 is 24.7 Å². The fraction of sp³-hybridized carbons (Fsp3) is 0.333. The number of aromatic hydroxyl groups is 2. The molecule has 1 atom stereocenters. The molecule has 76 valence electrons. The van der Waals surface area contributed by atoms with E-state index in [1.54, 1.807) is 0 Å². The molecule has 0 amide bonds. The van der Waals surface area contributed by atoms with Gasteiger partial charge in [0.25, 0.3) is 6.04 Å². The van der Waals surface area contributed by atoms with E-state index < -0.39 is 12.0 Å². The summed E-state index contributed by atoms with van der Waals surface area (Å²) in [5, 5.41) is 27.5. The van der Waals surface area contributed by atoms with Gasteiger partial charge in [0.2, 0.25) is 5.69 Å². The average molecular weight is 198 g/mol. The first-order valence-corrected chi connectivity index (χ1v) is 4.11. The molecule has 0 radical (unpaired) electrons. The number of hydrogen-bond donors (Lipinski definition) is 3. The van der Waals surface area contributed by atoms with Crippen LogP contribution in [0.3, 0.4) is 0 Å². The molecule has 3 N–H and O–H groups in total. The van der Waals surface area contributed by atoms with Crippen molar-refractivity contribution in [2.75, 3.05) is 0 Å². The van der Waals surface area contributed by atoms with Crippen molar-refractivity contribution in [1.29, 1.82) is 0 Å². The fourth-order valence-corrected chi connectivity index (χ4v) is 1.25. The maximum absolute atomic E-state index is 10.7. The fourth-order valence-electron chi connectivity index (χ4n) is 1.25. The molecular formula is C9H12NO4+. The highest BCUT2D eigenvalue weighted by molar-refractivity contribution is 5.69. The first-order chi connectivity index (χ1) is 6.45. The number of rotatable bonds is 2. The number of aliphatic carboxylic acids is 1. The van der Waals surface area contributed by atoms with Gasteiger partial charge in [-0.25, -0.2) is 4.79 Å². The van der Waals surface area contributed by atoms with Gasteiger partial charge in [0, 0.05) is 13.8 Å². The van der Waals surface area contributed by atoms with Crippen molar-refractivity contribution >= 4 is 5.97 Å². The molecular weight excluding hydrogens is 186 g/mol. The Kier molecular flexibility index (Phi) is 2.60. The summed E-state index contributed by atoms with van der Waals surface area (Å²) in [7, 11) is 0. The third-order valence-corrected chi connectivity index (χ3v) is 2.11. The molecule has 0 saturated carbocycles. The van der Waals surface area contributed by atoms with Crippen LogP contribution in [0.25, 0.3) is 0 Å². The van der Waals surface area contributed by atoms with E-state index in [2.05, 4.69) is 0 Å². The second kappa shape index (κ2) is 3.53. The SMILES string of the molecule is Cc1c(O)ccc(O)[n+]1C(C)C(=O)O. The number of hydrogen-bond acceptors (Lipinski definition) is 3. The van der Waals surface area contributed by atoms with Gasteiger partial charge in [0.1, 0.15) is 0 Å². The second-order valence-corrected chi connectivity index (χ2v) is 3.05. The van der Waals surface area contributed by atoms with Crippen LogP contribution < -0.4 is 4.57 Å². The van der Waals surface area contributed by atoms with E-state index in [4.69, 9.17) is 5.11 Å². The van der Waals surface area contributed by atoms with Crippen LogP contribution in [-0.4, -0.2) is 21.3 Å². The molecule has 1 aromatic rings. The lowest BCUT2D eigenvalue weighted by atomic mass is 10.2. The zero-order valence-electron chi connectivity index (χ0n) is 7.93. The lowest BCUT2D eigenvalue weighted by Crippen LogP contribution is -2.44. The summed E-state index contributed by atoms with van der Waals surface area (Å²) in [6.45, 7) is 2.96. The first-order valence-electron chi connectivity index (χ1n) is 4.11. The Hall–Kier alpha value is -1.78. The molecule has 0 aliphatic carbocycles. The summed E-state index contributed by atoms with van der Waals surface area (Å²) in [5.74, 6) is -1.30. The van der Waals surface area contributed by atoms with Crippen LogP contribution in [0, 0.1) is 6.92 Å². The maximum atomic E-state index is 10.7. The van der Waals surface area contributed by atoms with Crippen molar-refractivity contribution in [3.63, 3.8) is 0 Å². The quantitative estimate of drug-likeness (QED) is 0.598. The van der Waals surface area contributed by atoms with Gasteiger partial charge in [-0.2, -0.15) is 0 Å². The van der Waals surface area contributed by atoms with E-state index in [9.17, 15) is 15.0 Å². The smallest absolute Gasteiger partial charge is 0.373 e. The lowest BCUT2D eigenvalue weighted by molar-refractivity contribution is -0.718. The Morgan fingerprint density at radius 3 is 2.50 bits per heavy atom. The minimum Gasteiger partial charge on any atom is -0.503 e. The molecule has 0 fully saturated rings. The number of carboxylic acid groups (broad SMARTS) is 1. The van der Waals surface area contributed by atoms with Crippen LogP contribution >= 0.6 is 0 Å². The molecule has 0 aromatic carbocycles. The third-order valence-electron chi connectivity index (χ3n) is 2.11. The van der Waals surface area contributed by atoms with Crippen molar-refractivity contribution in [2.24, 2.45) is 0 Å². The standard InChI is InChI=1S/C9H11NO4/c1-5-7(11)3-4-8(12)10(5)6(2)9(13)14/h3-4,6H,1-2H3,(H2,11,13,14)/p+1. The second-order valence-electron chi connectivity index (χ2n) is 3.05. The molecule has 0 spiro atoms. The van der Waals surface area contributed by atoms with Gasteiger partial charge in [-0.15, -0.1) is 4.57 Å². The van der Waals surface area contributed by atoms with Crippen LogP contribution in [0.1, 0.15) is 18.7 Å². The normalized spacial score (nSPS) is 12.4. The summed E-state index contributed by atoms with van der Waals surface area (Å²) in [6, 6.07) is 1.65. The Morgan fingerprint density at radius 2 is 2.00 bits per heavy atom. The molecule has 0 bridgehead atoms. The molecule has 0 saturated heterocycles. The zero-order valence-corrected chi connectivity index (χ0v) is 7.93. The minimum atomic E-state index is -1.07. The number of nitrogens with zero attached hydrogens (tertiary/aromatic N) is 1. The summed E-state index contributed by atoms with van der Waals surface area (Å²) in [5.41, 5.74) is 0.319. The van der Waals surface area contributed by atoms with E-state index in [1.807, 2.05) is 0 Å². The molecule has 1 heterocycles. The number of carbonyl (C=O) groups is 1. The lowest BCUT2D eigenvalue weighted by Gasteiger charge is -2.06. The van der Waals surface area contributed by atoms with Gasteiger partial charge in [-0.1, -0.05) is 0 Å². The Balaban J connectivity index is 3.32. The predicted molar refractivity (Wildman–Crippen MR) is 47.1 cm³/mol. The number of pyridine rings is 1. The highest BCUT2D eigenvalue weighted by atomic mass is 16.4.